The van der Waals surface area contributed by atoms with E-state index in [1.54, 1.807) is 45.9 Å². The number of nitrogens with zero attached hydrogens (tertiary/aromatic N) is 4. The Balaban J connectivity index is 2.69. The van der Waals surface area contributed by atoms with E-state index in [0.29, 0.717) is 16.3 Å². The number of hydrogen-bond donors (Lipinski definition) is 1. The maximum atomic E-state index is 12.6. The number of nitriles is 1. The van der Waals surface area contributed by atoms with Crippen LogP contribution >= 0.6 is 11.6 Å². The van der Waals surface area contributed by atoms with Crippen LogP contribution in [-0.4, -0.2) is 9.67 Å². The van der Waals surface area contributed by atoms with Crippen LogP contribution in [-0.2, 0) is 0 Å². The molecule has 0 unspecified atom stereocenters. The van der Waals surface area contributed by atoms with Crippen LogP contribution in [0.5, 0.6) is 5.88 Å². The number of rotatable bonds is 3. The van der Waals surface area contributed by atoms with Crippen molar-refractivity contribution in [2.24, 2.45) is 10.2 Å². The van der Waals surface area contributed by atoms with Crippen molar-refractivity contribution in [2.45, 2.75) is 33.7 Å². The van der Waals surface area contributed by atoms with Gasteiger partial charge in [-0.3, -0.25) is 9.36 Å². The maximum absolute atomic E-state index is 12.6. The van der Waals surface area contributed by atoms with Crippen molar-refractivity contribution in [1.29, 1.82) is 5.26 Å². The van der Waals surface area contributed by atoms with Crippen molar-refractivity contribution < 1.29 is 5.11 Å². The van der Waals surface area contributed by atoms with Gasteiger partial charge in [0.2, 0.25) is 5.88 Å². The first-order valence-electron chi connectivity index (χ1n) is 7.34. The average molecular weight is 345 g/mol. The molecule has 0 saturated heterocycles. The topological polar surface area (TPSA) is 90.7 Å². The summed E-state index contributed by atoms with van der Waals surface area (Å²) in [6.07, 6.45) is 0. The van der Waals surface area contributed by atoms with Crippen molar-refractivity contribution in [3.8, 4) is 11.9 Å². The normalized spacial score (nSPS) is 11.2. The standard InChI is InChI=1S/C17H17ClN4O2/c1-9(2)22-16(23)12(8-19)10(3)15(17(22)24)21-20-14-7-5-6-13(18)11(14)4/h5-7,9,23H,1-4H3. The van der Waals surface area contributed by atoms with E-state index in [2.05, 4.69) is 10.2 Å². The second-order valence-corrected chi connectivity index (χ2v) is 6.04. The van der Waals surface area contributed by atoms with E-state index in [1.807, 2.05) is 6.07 Å². The molecule has 124 valence electrons. The molecule has 0 fully saturated rings. The van der Waals surface area contributed by atoms with Crippen LogP contribution in [0.2, 0.25) is 5.02 Å². The number of hydrogen-bond acceptors (Lipinski definition) is 5. The Bertz CT molecular complexity index is 924. The molecule has 0 bridgehead atoms. The Hall–Kier alpha value is -2.65. The maximum Gasteiger partial charge on any atom is 0.281 e. The van der Waals surface area contributed by atoms with Gasteiger partial charge in [0.1, 0.15) is 11.6 Å². The smallest absolute Gasteiger partial charge is 0.281 e. The molecule has 0 atom stereocenters. The van der Waals surface area contributed by atoms with Crippen LogP contribution in [0.15, 0.2) is 33.2 Å². The van der Waals surface area contributed by atoms with Crippen molar-refractivity contribution in [3.63, 3.8) is 0 Å². The summed E-state index contributed by atoms with van der Waals surface area (Å²) < 4.78 is 1.13. The summed E-state index contributed by atoms with van der Waals surface area (Å²) in [4.78, 5) is 12.6. The number of pyridine rings is 1. The van der Waals surface area contributed by atoms with Crippen LogP contribution in [0.4, 0.5) is 11.4 Å². The van der Waals surface area contributed by atoms with Gasteiger partial charge in [0.15, 0.2) is 5.69 Å². The van der Waals surface area contributed by atoms with Crippen molar-refractivity contribution in [3.05, 3.63) is 50.3 Å². The molecule has 1 aromatic heterocycles. The third-order valence-corrected chi connectivity index (χ3v) is 4.14. The van der Waals surface area contributed by atoms with E-state index in [9.17, 15) is 15.2 Å². The minimum atomic E-state index is -0.498. The van der Waals surface area contributed by atoms with E-state index >= 15 is 0 Å². The molecule has 2 aromatic rings. The lowest BCUT2D eigenvalue weighted by Crippen LogP contribution is -2.23. The third-order valence-electron chi connectivity index (χ3n) is 3.73. The van der Waals surface area contributed by atoms with E-state index < -0.39 is 5.56 Å². The summed E-state index contributed by atoms with van der Waals surface area (Å²) in [6, 6.07) is 6.79. The fraction of sp³-hybridized carbons (Fsp3) is 0.294. The third kappa shape index (κ3) is 3.03. The monoisotopic (exact) mass is 344 g/mol. The predicted molar refractivity (Wildman–Crippen MR) is 92.6 cm³/mol. The highest BCUT2D eigenvalue weighted by molar-refractivity contribution is 6.31. The fourth-order valence-electron chi connectivity index (χ4n) is 2.32. The van der Waals surface area contributed by atoms with Crippen LogP contribution in [0, 0.1) is 25.2 Å². The molecule has 0 saturated carbocycles. The largest absolute Gasteiger partial charge is 0.493 e. The Labute approximate surface area is 144 Å². The predicted octanol–water partition coefficient (Wildman–Crippen LogP) is 4.69. The number of halogens is 1. The minimum absolute atomic E-state index is 0.0140. The van der Waals surface area contributed by atoms with Gasteiger partial charge < -0.3 is 5.11 Å². The number of aromatic nitrogens is 1. The molecule has 0 radical (unpaired) electrons. The van der Waals surface area contributed by atoms with Gasteiger partial charge in [-0.1, -0.05) is 17.7 Å². The summed E-state index contributed by atoms with van der Waals surface area (Å²) in [5.41, 5.74) is 1.10. The van der Waals surface area contributed by atoms with Gasteiger partial charge in [0.25, 0.3) is 5.56 Å². The van der Waals surface area contributed by atoms with Crippen LogP contribution in [0.25, 0.3) is 0 Å². The van der Waals surface area contributed by atoms with Gasteiger partial charge >= 0.3 is 0 Å². The molecule has 1 N–H and O–H groups in total. The Morgan fingerprint density at radius 1 is 1.25 bits per heavy atom. The second-order valence-electron chi connectivity index (χ2n) is 5.64. The Morgan fingerprint density at radius 3 is 2.50 bits per heavy atom. The molecule has 0 spiro atoms. The number of benzene rings is 1. The van der Waals surface area contributed by atoms with Crippen LogP contribution in [0.1, 0.15) is 36.6 Å². The molecule has 0 amide bonds. The zero-order valence-corrected chi connectivity index (χ0v) is 14.6. The second kappa shape index (κ2) is 6.85. The van der Waals surface area contributed by atoms with E-state index in [-0.39, 0.29) is 23.2 Å². The lowest BCUT2D eigenvalue weighted by atomic mass is 10.1. The van der Waals surface area contributed by atoms with E-state index in [0.717, 1.165) is 10.1 Å². The summed E-state index contributed by atoms with van der Waals surface area (Å²) in [7, 11) is 0. The average Bonchev–Trinajstić information content (AvgIpc) is 2.51. The van der Waals surface area contributed by atoms with E-state index in [4.69, 9.17) is 11.6 Å². The fourth-order valence-corrected chi connectivity index (χ4v) is 2.49. The lowest BCUT2D eigenvalue weighted by molar-refractivity contribution is 0.386. The summed E-state index contributed by atoms with van der Waals surface area (Å²) >= 11 is 6.05. The summed E-state index contributed by atoms with van der Waals surface area (Å²) in [6.45, 7) is 6.83. The molecule has 2 rings (SSSR count). The van der Waals surface area contributed by atoms with Gasteiger partial charge in [-0.2, -0.15) is 10.4 Å². The van der Waals surface area contributed by atoms with Crippen LogP contribution < -0.4 is 5.56 Å². The SMILES string of the molecule is Cc1c(Cl)cccc1N=Nc1c(C)c(C#N)c(O)n(C(C)C)c1=O. The molecular formula is C17H17ClN4O2. The van der Waals surface area contributed by atoms with Gasteiger partial charge in [-0.05, 0) is 45.4 Å². The Kier molecular flexibility index (Phi) is 5.05. The summed E-state index contributed by atoms with van der Waals surface area (Å²) in [5.74, 6) is -0.354. The number of aromatic hydroxyl groups is 1. The molecule has 1 aromatic carbocycles. The Morgan fingerprint density at radius 2 is 1.92 bits per heavy atom. The summed E-state index contributed by atoms with van der Waals surface area (Å²) in [5, 5.41) is 28.1. The quantitative estimate of drug-likeness (QED) is 0.818. The molecular weight excluding hydrogens is 328 g/mol. The first-order chi connectivity index (χ1) is 11.3. The van der Waals surface area contributed by atoms with Crippen molar-refractivity contribution in [2.75, 3.05) is 0 Å². The minimum Gasteiger partial charge on any atom is -0.493 e. The van der Waals surface area contributed by atoms with Gasteiger partial charge in [0, 0.05) is 16.6 Å². The lowest BCUT2D eigenvalue weighted by Gasteiger charge is -2.15. The highest BCUT2D eigenvalue weighted by atomic mass is 35.5. The van der Waals surface area contributed by atoms with Gasteiger partial charge in [-0.15, -0.1) is 5.11 Å². The molecule has 6 nitrogen and oxygen atoms in total. The zero-order valence-electron chi connectivity index (χ0n) is 13.8. The first kappa shape index (κ1) is 17.7. The van der Waals surface area contributed by atoms with E-state index in [1.165, 1.54) is 0 Å². The highest BCUT2D eigenvalue weighted by Crippen LogP contribution is 2.30. The van der Waals surface area contributed by atoms with Crippen LogP contribution in [0.3, 0.4) is 0 Å². The van der Waals surface area contributed by atoms with Gasteiger partial charge in [0.05, 0.1) is 5.69 Å². The molecule has 7 heteroatoms. The van der Waals surface area contributed by atoms with Crippen molar-refractivity contribution >= 4 is 23.0 Å². The first-order valence-corrected chi connectivity index (χ1v) is 7.72. The van der Waals surface area contributed by atoms with Crippen molar-refractivity contribution in [1.82, 2.24) is 4.57 Å². The highest BCUT2D eigenvalue weighted by Gasteiger charge is 2.20. The molecule has 0 aliphatic rings. The molecule has 1 heterocycles. The number of azo groups is 1. The zero-order chi connectivity index (χ0) is 18.0. The molecule has 0 aliphatic heterocycles. The molecule has 0 aliphatic carbocycles. The van der Waals surface area contributed by atoms with Gasteiger partial charge in [-0.25, -0.2) is 0 Å². The molecule has 24 heavy (non-hydrogen) atoms.